The molecule has 0 spiro atoms. The van der Waals surface area contributed by atoms with Gasteiger partial charge in [0, 0.05) is 36.9 Å². The molecule has 2 aromatic heterocycles. The molecule has 23 heavy (non-hydrogen) atoms. The largest absolute Gasteiger partial charge is 0.478 e. The molecule has 4 nitrogen and oxygen atoms in total. The van der Waals surface area contributed by atoms with E-state index in [2.05, 4.69) is 40.1 Å². The first kappa shape index (κ1) is 15.4. The fourth-order valence-corrected chi connectivity index (χ4v) is 2.62. The summed E-state index contributed by atoms with van der Waals surface area (Å²) >= 11 is 0. The van der Waals surface area contributed by atoms with Crippen molar-refractivity contribution in [2.24, 2.45) is 0 Å². The van der Waals surface area contributed by atoms with Gasteiger partial charge in [0.25, 0.3) is 0 Å². The van der Waals surface area contributed by atoms with Crippen molar-refractivity contribution in [1.29, 1.82) is 0 Å². The lowest BCUT2D eigenvalue weighted by Gasteiger charge is -2.17. The molecule has 3 rings (SSSR count). The summed E-state index contributed by atoms with van der Waals surface area (Å²) in [4.78, 5) is 11.1. The standard InChI is InChI=1S/C19H21N3O/c1-3-23-19-9-8-15(11-21-19)13-22(2)14-16-10-17-6-4-5-7-18(17)20-12-16/h4-12H,3,13-14H2,1-2H3. The average molecular weight is 307 g/mol. The van der Waals surface area contributed by atoms with E-state index >= 15 is 0 Å². The van der Waals surface area contributed by atoms with Crippen molar-refractivity contribution in [3.05, 3.63) is 66.0 Å². The molecule has 118 valence electrons. The van der Waals surface area contributed by atoms with Crippen LogP contribution in [0.5, 0.6) is 5.88 Å². The van der Waals surface area contributed by atoms with Gasteiger partial charge < -0.3 is 4.74 Å². The molecule has 0 amide bonds. The Hall–Kier alpha value is -2.46. The second kappa shape index (κ2) is 7.20. The van der Waals surface area contributed by atoms with E-state index in [4.69, 9.17) is 4.74 Å². The molecule has 4 heteroatoms. The summed E-state index contributed by atoms with van der Waals surface area (Å²) in [5, 5.41) is 1.18. The van der Waals surface area contributed by atoms with Crippen LogP contribution in [0.1, 0.15) is 18.1 Å². The lowest BCUT2D eigenvalue weighted by molar-refractivity contribution is 0.314. The summed E-state index contributed by atoms with van der Waals surface area (Å²) in [6.07, 6.45) is 3.83. The number of pyridine rings is 2. The first-order chi connectivity index (χ1) is 11.2. The van der Waals surface area contributed by atoms with E-state index in [1.807, 2.05) is 43.6 Å². The predicted octanol–water partition coefficient (Wildman–Crippen LogP) is 3.66. The Morgan fingerprint density at radius 3 is 2.52 bits per heavy atom. The van der Waals surface area contributed by atoms with Crippen molar-refractivity contribution >= 4 is 10.9 Å². The zero-order valence-corrected chi connectivity index (χ0v) is 13.6. The lowest BCUT2D eigenvalue weighted by Crippen LogP contribution is -2.17. The minimum Gasteiger partial charge on any atom is -0.478 e. The summed E-state index contributed by atoms with van der Waals surface area (Å²) in [6, 6.07) is 14.4. The fourth-order valence-electron chi connectivity index (χ4n) is 2.62. The van der Waals surface area contributed by atoms with E-state index in [0.717, 1.165) is 18.6 Å². The van der Waals surface area contributed by atoms with Crippen LogP contribution in [0.4, 0.5) is 0 Å². The molecule has 0 saturated carbocycles. The molecular formula is C19H21N3O. The van der Waals surface area contributed by atoms with E-state index in [-0.39, 0.29) is 0 Å². The number of fused-ring (bicyclic) bond motifs is 1. The first-order valence-electron chi connectivity index (χ1n) is 7.84. The van der Waals surface area contributed by atoms with Crippen LogP contribution in [-0.2, 0) is 13.1 Å². The molecule has 3 aromatic rings. The highest BCUT2D eigenvalue weighted by Crippen LogP contribution is 2.15. The van der Waals surface area contributed by atoms with Crippen LogP contribution < -0.4 is 4.74 Å². The maximum atomic E-state index is 5.37. The van der Waals surface area contributed by atoms with Crippen molar-refractivity contribution < 1.29 is 4.74 Å². The molecule has 0 fully saturated rings. The Morgan fingerprint density at radius 2 is 1.74 bits per heavy atom. The number of hydrogen-bond acceptors (Lipinski definition) is 4. The molecule has 2 heterocycles. The van der Waals surface area contributed by atoms with Gasteiger partial charge >= 0.3 is 0 Å². The number of rotatable bonds is 6. The van der Waals surface area contributed by atoms with Crippen molar-refractivity contribution in [3.8, 4) is 5.88 Å². The second-order valence-corrected chi connectivity index (χ2v) is 5.65. The highest BCUT2D eigenvalue weighted by Gasteiger charge is 2.04. The van der Waals surface area contributed by atoms with Crippen molar-refractivity contribution in [2.75, 3.05) is 13.7 Å². The van der Waals surface area contributed by atoms with Gasteiger partial charge in [0.05, 0.1) is 12.1 Å². The van der Waals surface area contributed by atoms with Crippen LogP contribution in [0.2, 0.25) is 0 Å². The monoisotopic (exact) mass is 307 g/mol. The molecule has 0 radical (unpaired) electrons. The Morgan fingerprint density at radius 1 is 0.957 bits per heavy atom. The van der Waals surface area contributed by atoms with Gasteiger partial charge in [-0.25, -0.2) is 4.98 Å². The van der Waals surface area contributed by atoms with Crippen LogP contribution in [0.25, 0.3) is 10.9 Å². The molecule has 0 atom stereocenters. The normalized spacial score (nSPS) is 11.1. The quantitative estimate of drug-likeness (QED) is 0.696. The maximum Gasteiger partial charge on any atom is 0.213 e. The molecular weight excluding hydrogens is 286 g/mol. The maximum absolute atomic E-state index is 5.37. The van der Waals surface area contributed by atoms with Crippen molar-refractivity contribution in [3.63, 3.8) is 0 Å². The molecule has 0 unspecified atom stereocenters. The summed E-state index contributed by atoms with van der Waals surface area (Å²) in [6.45, 7) is 4.29. The van der Waals surface area contributed by atoms with Gasteiger partial charge in [-0.05, 0) is 37.2 Å². The average Bonchev–Trinajstić information content (AvgIpc) is 2.57. The number of nitrogens with zero attached hydrogens (tertiary/aromatic N) is 3. The molecule has 0 aliphatic rings. The number of aromatic nitrogens is 2. The zero-order chi connectivity index (χ0) is 16.1. The van der Waals surface area contributed by atoms with Gasteiger partial charge in [-0.15, -0.1) is 0 Å². The molecule has 0 saturated heterocycles. The van der Waals surface area contributed by atoms with Crippen LogP contribution in [0, 0.1) is 0 Å². The summed E-state index contributed by atoms with van der Waals surface area (Å²) in [5.41, 5.74) is 3.42. The van der Waals surface area contributed by atoms with E-state index in [0.29, 0.717) is 12.5 Å². The zero-order valence-electron chi connectivity index (χ0n) is 13.6. The van der Waals surface area contributed by atoms with Crippen molar-refractivity contribution in [2.45, 2.75) is 20.0 Å². The topological polar surface area (TPSA) is 38.2 Å². The van der Waals surface area contributed by atoms with Crippen LogP contribution in [-0.4, -0.2) is 28.5 Å². The Labute approximate surface area is 136 Å². The third kappa shape index (κ3) is 4.05. The Kier molecular flexibility index (Phi) is 4.83. The minimum absolute atomic E-state index is 0.640. The molecule has 0 aliphatic carbocycles. The summed E-state index contributed by atoms with van der Waals surface area (Å²) in [7, 11) is 2.10. The molecule has 1 aromatic carbocycles. The van der Waals surface area contributed by atoms with E-state index < -0.39 is 0 Å². The number of benzene rings is 1. The third-order valence-corrected chi connectivity index (χ3v) is 3.64. The van der Waals surface area contributed by atoms with Gasteiger partial charge in [-0.3, -0.25) is 9.88 Å². The van der Waals surface area contributed by atoms with Crippen LogP contribution >= 0.6 is 0 Å². The van der Waals surface area contributed by atoms with Gasteiger partial charge in [-0.2, -0.15) is 0 Å². The van der Waals surface area contributed by atoms with Gasteiger partial charge in [0.2, 0.25) is 5.88 Å². The van der Waals surface area contributed by atoms with Gasteiger partial charge in [0.15, 0.2) is 0 Å². The van der Waals surface area contributed by atoms with Gasteiger partial charge in [-0.1, -0.05) is 24.3 Å². The Balaban J connectivity index is 1.64. The third-order valence-electron chi connectivity index (χ3n) is 3.64. The summed E-state index contributed by atoms with van der Waals surface area (Å²) in [5.74, 6) is 0.678. The SMILES string of the molecule is CCOc1ccc(CN(C)Cc2cnc3ccccc3c2)cn1. The van der Waals surface area contributed by atoms with E-state index in [9.17, 15) is 0 Å². The minimum atomic E-state index is 0.640. The second-order valence-electron chi connectivity index (χ2n) is 5.65. The highest BCUT2D eigenvalue weighted by molar-refractivity contribution is 5.78. The van der Waals surface area contributed by atoms with Gasteiger partial charge in [0.1, 0.15) is 0 Å². The molecule has 0 N–H and O–H groups in total. The first-order valence-corrected chi connectivity index (χ1v) is 7.84. The predicted molar refractivity (Wildman–Crippen MR) is 92.3 cm³/mol. The smallest absolute Gasteiger partial charge is 0.213 e. The van der Waals surface area contributed by atoms with Crippen molar-refractivity contribution in [1.82, 2.24) is 14.9 Å². The summed E-state index contributed by atoms with van der Waals surface area (Å²) < 4.78 is 5.37. The fraction of sp³-hybridized carbons (Fsp3) is 0.263. The molecule has 0 aliphatic heterocycles. The Bertz CT molecular complexity index is 771. The van der Waals surface area contributed by atoms with Crippen LogP contribution in [0.3, 0.4) is 0 Å². The number of ether oxygens (including phenoxy) is 1. The highest BCUT2D eigenvalue weighted by atomic mass is 16.5. The van der Waals surface area contributed by atoms with E-state index in [1.54, 1.807) is 0 Å². The number of para-hydroxylation sites is 1. The molecule has 0 bridgehead atoms. The van der Waals surface area contributed by atoms with E-state index in [1.165, 1.54) is 16.5 Å². The van der Waals surface area contributed by atoms with Crippen LogP contribution in [0.15, 0.2) is 54.9 Å². The lowest BCUT2D eigenvalue weighted by atomic mass is 10.1. The number of hydrogen-bond donors (Lipinski definition) is 0.